The molecule has 40 heavy (non-hydrogen) atoms. The molecule has 0 aliphatic heterocycles. The highest BCUT2D eigenvalue weighted by molar-refractivity contribution is 9.10. The van der Waals surface area contributed by atoms with Gasteiger partial charge in [-0.05, 0) is 88.1 Å². The summed E-state index contributed by atoms with van der Waals surface area (Å²) in [5, 5.41) is 2.95. The third-order valence-corrected chi connectivity index (χ3v) is 9.47. The van der Waals surface area contributed by atoms with Crippen molar-refractivity contribution in [2.24, 2.45) is 0 Å². The fourth-order valence-corrected chi connectivity index (χ4v) is 5.93. The molecule has 0 radical (unpaired) electrons. The van der Waals surface area contributed by atoms with Crippen LogP contribution < -0.4 is 9.62 Å². The summed E-state index contributed by atoms with van der Waals surface area (Å²) in [7, 11) is -4.11. The second kappa shape index (κ2) is 13.5. The summed E-state index contributed by atoms with van der Waals surface area (Å²) in [6, 6.07) is 18.5. The molecule has 0 saturated heterocycles. The standard InChI is InChI=1S/C31H38BrN3O4S/c1-7-23(4)33-31(37)25(6)34(19-26-13-15-27(32)16-14-26)30(36)20-35(29-10-8-9-22(3)24(29)5)40(38,39)28-17-11-21(2)12-18-28/h8-18,23,25H,7,19-20H2,1-6H3,(H,33,37)/t23-,25-/m0/s1. The summed E-state index contributed by atoms with van der Waals surface area (Å²) >= 11 is 3.43. The van der Waals surface area contributed by atoms with Crippen LogP contribution in [0.1, 0.15) is 49.4 Å². The van der Waals surface area contributed by atoms with Crippen LogP contribution in [0.4, 0.5) is 5.69 Å². The molecular formula is C31H38BrN3O4S. The smallest absolute Gasteiger partial charge is 0.264 e. The first kappa shape index (κ1) is 31.4. The third kappa shape index (κ3) is 7.52. The van der Waals surface area contributed by atoms with E-state index in [0.717, 1.165) is 37.5 Å². The molecule has 0 unspecified atom stereocenters. The quantitative estimate of drug-likeness (QED) is 0.287. The average molecular weight is 629 g/mol. The molecule has 9 heteroatoms. The van der Waals surface area contributed by atoms with Crippen LogP contribution in [0, 0.1) is 20.8 Å². The van der Waals surface area contributed by atoms with Crippen molar-refractivity contribution in [2.45, 2.75) is 71.5 Å². The van der Waals surface area contributed by atoms with E-state index in [1.807, 2.05) is 65.0 Å². The molecule has 0 heterocycles. The number of anilines is 1. The predicted octanol–water partition coefficient (Wildman–Crippen LogP) is 5.90. The molecule has 0 aliphatic carbocycles. The van der Waals surface area contributed by atoms with E-state index in [9.17, 15) is 18.0 Å². The lowest BCUT2D eigenvalue weighted by molar-refractivity contribution is -0.139. The fraction of sp³-hybridized carbons (Fsp3) is 0.355. The lowest BCUT2D eigenvalue weighted by atomic mass is 10.1. The van der Waals surface area contributed by atoms with E-state index in [2.05, 4.69) is 21.2 Å². The molecule has 2 amide bonds. The number of hydrogen-bond acceptors (Lipinski definition) is 4. The Bertz CT molecular complexity index is 1440. The third-order valence-electron chi connectivity index (χ3n) is 7.17. The second-order valence-corrected chi connectivity index (χ2v) is 13.0. The lowest BCUT2D eigenvalue weighted by Crippen LogP contribution is -2.52. The van der Waals surface area contributed by atoms with Crippen LogP contribution in [0.15, 0.2) is 76.1 Å². The molecule has 0 bridgehead atoms. The molecule has 3 aromatic carbocycles. The number of carbonyl (C=O) groups is 2. The van der Waals surface area contributed by atoms with Crippen molar-refractivity contribution in [3.8, 4) is 0 Å². The van der Waals surface area contributed by atoms with Gasteiger partial charge in [0, 0.05) is 17.1 Å². The highest BCUT2D eigenvalue weighted by atomic mass is 79.9. The number of nitrogens with one attached hydrogen (secondary N) is 1. The Labute approximate surface area is 246 Å². The average Bonchev–Trinajstić information content (AvgIpc) is 2.92. The monoisotopic (exact) mass is 627 g/mol. The van der Waals surface area contributed by atoms with Crippen molar-refractivity contribution in [3.05, 3.63) is 93.5 Å². The molecule has 0 spiro atoms. The van der Waals surface area contributed by atoms with Gasteiger partial charge in [0.1, 0.15) is 12.6 Å². The van der Waals surface area contributed by atoms with E-state index < -0.39 is 28.5 Å². The van der Waals surface area contributed by atoms with E-state index in [-0.39, 0.29) is 23.4 Å². The van der Waals surface area contributed by atoms with Gasteiger partial charge in [0.05, 0.1) is 10.6 Å². The minimum atomic E-state index is -4.11. The van der Waals surface area contributed by atoms with Gasteiger partial charge in [0.25, 0.3) is 10.0 Å². The van der Waals surface area contributed by atoms with Gasteiger partial charge in [0.2, 0.25) is 11.8 Å². The minimum absolute atomic E-state index is 0.0621. The zero-order chi connectivity index (χ0) is 29.6. The van der Waals surface area contributed by atoms with E-state index in [0.29, 0.717) is 5.69 Å². The zero-order valence-corrected chi connectivity index (χ0v) is 26.3. The van der Waals surface area contributed by atoms with Crippen molar-refractivity contribution < 1.29 is 18.0 Å². The molecule has 0 aliphatic rings. The maximum Gasteiger partial charge on any atom is 0.264 e. The molecule has 0 aromatic heterocycles. The summed E-state index contributed by atoms with van der Waals surface area (Å²) in [6.45, 7) is 10.9. The van der Waals surface area contributed by atoms with Crippen molar-refractivity contribution in [3.63, 3.8) is 0 Å². The van der Waals surface area contributed by atoms with Gasteiger partial charge in [-0.15, -0.1) is 0 Å². The van der Waals surface area contributed by atoms with Gasteiger partial charge in [-0.2, -0.15) is 0 Å². The van der Waals surface area contributed by atoms with E-state index in [1.54, 1.807) is 43.3 Å². The van der Waals surface area contributed by atoms with Crippen molar-refractivity contribution in [2.75, 3.05) is 10.8 Å². The Morgan fingerprint density at radius 2 is 1.55 bits per heavy atom. The van der Waals surface area contributed by atoms with Crippen molar-refractivity contribution in [1.82, 2.24) is 10.2 Å². The molecule has 7 nitrogen and oxygen atoms in total. The van der Waals surface area contributed by atoms with Gasteiger partial charge in [0.15, 0.2) is 0 Å². The number of aryl methyl sites for hydroxylation is 2. The topological polar surface area (TPSA) is 86.8 Å². The number of amides is 2. The summed E-state index contributed by atoms with van der Waals surface area (Å²) in [5.41, 5.74) is 3.83. The number of sulfonamides is 1. The lowest BCUT2D eigenvalue weighted by Gasteiger charge is -2.33. The Balaban J connectivity index is 2.06. The largest absolute Gasteiger partial charge is 0.352 e. The molecular weight excluding hydrogens is 590 g/mol. The Kier molecular flexibility index (Phi) is 10.6. The van der Waals surface area contributed by atoms with Gasteiger partial charge in [-0.3, -0.25) is 13.9 Å². The van der Waals surface area contributed by atoms with Gasteiger partial charge >= 0.3 is 0 Å². The maximum absolute atomic E-state index is 14.1. The zero-order valence-electron chi connectivity index (χ0n) is 23.9. The van der Waals surface area contributed by atoms with Crippen LogP contribution in [-0.4, -0.2) is 43.8 Å². The predicted molar refractivity (Wildman–Crippen MR) is 164 cm³/mol. The first-order valence-corrected chi connectivity index (χ1v) is 15.6. The van der Waals surface area contributed by atoms with Gasteiger partial charge in [-0.25, -0.2) is 8.42 Å². The molecule has 0 fully saturated rings. The van der Waals surface area contributed by atoms with Gasteiger partial charge in [-0.1, -0.05) is 64.8 Å². The van der Waals surface area contributed by atoms with Crippen LogP contribution in [0.5, 0.6) is 0 Å². The summed E-state index contributed by atoms with van der Waals surface area (Å²) < 4.78 is 30.1. The van der Waals surface area contributed by atoms with Crippen LogP contribution in [0.25, 0.3) is 0 Å². The number of hydrogen-bond donors (Lipinski definition) is 1. The van der Waals surface area contributed by atoms with Crippen LogP contribution in [-0.2, 0) is 26.2 Å². The summed E-state index contributed by atoms with van der Waals surface area (Å²) in [5.74, 6) is -0.772. The SMILES string of the molecule is CC[C@H](C)NC(=O)[C@H](C)N(Cc1ccc(Br)cc1)C(=O)CN(c1cccc(C)c1C)S(=O)(=O)c1ccc(C)cc1. The normalized spacial score (nSPS) is 12.9. The van der Waals surface area contributed by atoms with Gasteiger partial charge < -0.3 is 10.2 Å². The number of carbonyl (C=O) groups excluding carboxylic acids is 2. The molecule has 1 N–H and O–H groups in total. The fourth-order valence-electron chi connectivity index (χ4n) is 4.19. The number of nitrogens with zero attached hydrogens (tertiary/aromatic N) is 2. The summed E-state index contributed by atoms with van der Waals surface area (Å²) in [4.78, 5) is 28.8. The number of benzene rings is 3. The highest BCUT2D eigenvalue weighted by Crippen LogP contribution is 2.29. The Hall–Kier alpha value is -3.17. The Morgan fingerprint density at radius 3 is 2.15 bits per heavy atom. The van der Waals surface area contributed by atoms with Crippen LogP contribution in [0.2, 0.25) is 0 Å². The molecule has 0 saturated carbocycles. The van der Waals surface area contributed by atoms with Crippen LogP contribution in [0.3, 0.4) is 0 Å². The first-order valence-electron chi connectivity index (χ1n) is 13.3. The molecule has 214 valence electrons. The minimum Gasteiger partial charge on any atom is -0.352 e. The van der Waals surface area contributed by atoms with Crippen molar-refractivity contribution in [1.29, 1.82) is 0 Å². The molecule has 3 rings (SSSR count). The highest BCUT2D eigenvalue weighted by Gasteiger charge is 2.33. The number of rotatable bonds is 11. The van der Waals surface area contributed by atoms with Crippen molar-refractivity contribution >= 4 is 43.5 Å². The van der Waals surface area contributed by atoms with Crippen LogP contribution >= 0.6 is 15.9 Å². The number of halogens is 1. The Morgan fingerprint density at radius 1 is 0.925 bits per heavy atom. The van der Waals surface area contributed by atoms with E-state index >= 15 is 0 Å². The first-order chi connectivity index (χ1) is 18.8. The second-order valence-electron chi connectivity index (χ2n) is 10.2. The maximum atomic E-state index is 14.1. The van der Waals surface area contributed by atoms with E-state index in [4.69, 9.17) is 0 Å². The molecule has 3 aromatic rings. The summed E-state index contributed by atoms with van der Waals surface area (Å²) in [6.07, 6.45) is 0.744. The molecule has 2 atom stereocenters. The van der Waals surface area contributed by atoms with E-state index in [1.165, 1.54) is 4.90 Å².